The molecule has 8 heteroatoms. The molecule has 0 aromatic rings. The Morgan fingerprint density at radius 3 is 1.93 bits per heavy atom. The van der Waals surface area contributed by atoms with Gasteiger partial charge < -0.3 is 36.2 Å². The van der Waals surface area contributed by atoms with Crippen molar-refractivity contribution >= 4 is 5.91 Å². The summed E-state index contributed by atoms with van der Waals surface area (Å²) in [7, 11) is 0. The first kappa shape index (κ1) is 26.2. The maximum absolute atomic E-state index is 11.7. The second-order valence-corrected chi connectivity index (χ2v) is 7.05. The van der Waals surface area contributed by atoms with Gasteiger partial charge in [0.05, 0.1) is 6.61 Å². The van der Waals surface area contributed by atoms with Crippen LogP contribution in [0.5, 0.6) is 0 Å². The molecule has 1 amide bonds. The highest BCUT2D eigenvalue weighted by Gasteiger charge is 2.33. The Bertz CT molecular complexity index is 359. The van der Waals surface area contributed by atoms with Crippen molar-refractivity contribution in [2.24, 2.45) is 0 Å². The van der Waals surface area contributed by atoms with E-state index >= 15 is 0 Å². The third-order valence-electron chi connectivity index (χ3n) is 4.56. The van der Waals surface area contributed by atoms with Gasteiger partial charge in [-0.05, 0) is 25.9 Å². The molecule has 0 aromatic carbocycles. The van der Waals surface area contributed by atoms with Gasteiger partial charge in [-0.2, -0.15) is 0 Å². The van der Waals surface area contributed by atoms with E-state index in [9.17, 15) is 25.2 Å². The van der Waals surface area contributed by atoms with Crippen LogP contribution in [0.4, 0.5) is 0 Å². The number of unbranched alkanes of at least 4 members (excludes halogenated alkanes) is 7. The number of amides is 1. The summed E-state index contributed by atoms with van der Waals surface area (Å²) in [5.41, 5.74) is 0. The van der Waals surface area contributed by atoms with Gasteiger partial charge >= 0.3 is 0 Å². The number of aliphatic hydroxyl groups is 5. The molecule has 7 N–H and O–H groups in total. The third kappa shape index (κ3) is 13.1. The minimum absolute atomic E-state index is 0.325. The molecule has 27 heavy (non-hydrogen) atoms. The summed E-state index contributed by atoms with van der Waals surface area (Å²) in [5.74, 6) is -0.824. The highest BCUT2D eigenvalue weighted by Crippen LogP contribution is 2.08. The number of carbonyl (C=O) groups is 1. The van der Waals surface area contributed by atoms with Crippen molar-refractivity contribution in [1.82, 2.24) is 10.6 Å². The number of rotatable bonds is 18. The Balaban J connectivity index is 3.57. The van der Waals surface area contributed by atoms with Gasteiger partial charge in [-0.3, -0.25) is 4.79 Å². The molecule has 0 saturated carbocycles. The zero-order chi connectivity index (χ0) is 20.5. The van der Waals surface area contributed by atoms with Crippen LogP contribution in [0.2, 0.25) is 0 Å². The number of hydrogen-bond donors (Lipinski definition) is 7. The first-order chi connectivity index (χ1) is 13.0. The molecular weight excluding hydrogens is 352 g/mol. The lowest BCUT2D eigenvalue weighted by atomic mass is 10.0. The lowest BCUT2D eigenvalue weighted by Gasteiger charge is -2.24. The second-order valence-electron chi connectivity index (χ2n) is 7.05. The predicted molar refractivity (Wildman–Crippen MR) is 104 cm³/mol. The average Bonchev–Trinajstić information content (AvgIpc) is 2.68. The second kappa shape index (κ2) is 17.3. The highest BCUT2D eigenvalue weighted by molar-refractivity contribution is 5.81. The van der Waals surface area contributed by atoms with E-state index in [1.165, 1.54) is 44.9 Å². The summed E-state index contributed by atoms with van der Waals surface area (Å²) in [6.45, 7) is 3.44. The van der Waals surface area contributed by atoms with E-state index in [4.69, 9.17) is 5.11 Å². The van der Waals surface area contributed by atoms with Crippen LogP contribution < -0.4 is 10.6 Å². The number of carbonyl (C=O) groups excluding carboxylic acids is 1. The monoisotopic (exact) mass is 392 g/mol. The standard InChI is InChI=1S/C19H40N2O6/c1-2-3-4-5-6-7-8-9-11-20-12-10-13-21-19(27)18(26)17(25)16(24)15(23)14-22/h15-18,20,22-26H,2-14H2,1H3,(H,21,27)/t15-,16-,17+,18-/m1/s1. The Morgan fingerprint density at radius 2 is 1.33 bits per heavy atom. The highest BCUT2D eigenvalue weighted by atomic mass is 16.4. The zero-order valence-electron chi connectivity index (χ0n) is 16.6. The first-order valence-corrected chi connectivity index (χ1v) is 10.3. The van der Waals surface area contributed by atoms with Crippen molar-refractivity contribution in [2.75, 3.05) is 26.2 Å². The minimum Gasteiger partial charge on any atom is -0.394 e. The van der Waals surface area contributed by atoms with E-state index < -0.39 is 36.9 Å². The molecular formula is C19H40N2O6. The van der Waals surface area contributed by atoms with Gasteiger partial charge in [-0.1, -0.05) is 51.9 Å². The number of nitrogens with one attached hydrogen (secondary N) is 2. The van der Waals surface area contributed by atoms with Crippen molar-refractivity contribution < 1.29 is 30.3 Å². The van der Waals surface area contributed by atoms with Crippen LogP contribution in [-0.2, 0) is 4.79 Å². The van der Waals surface area contributed by atoms with Gasteiger partial charge in [-0.15, -0.1) is 0 Å². The summed E-state index contributed by atoms with van der Waals surface area (Å²) in [6, 6.07) is 0. The smallest absolute Gasteiger partial charge is 0.251 e. The van der Waals surface area contributed by atoms with Crippen LogP contribution in [0, 0.1) is 0 Å². The predicted octanol–water partition coefficient (Wildman–Crippen LogP) is -0.341. The van der Waals surface area contributed by atoms with Crippen molar-refractivity contribution in [2.45, 2.75) is 89.1 Å². The van der Waals surface area contributed by atoms with Crippen LogP contribution in [0.3, 0.4) is 0 Å². The van der Waals surface area contributed by atoms with E-state index in [1.807, 2.05) is 0 Å². The van der Waals surface area contributed by atoms with Gasteiger partial charge in [0.15, 0.2) is 6.10 Å². The molecule has 0 rings (SSSR count). The van der Waals surface area contributed by atoms with E-state index in [0.29, 0.717) is 13.0 Å². The normalized spacial score (nSPS) is 15.9. The molecule has 0 bridgehead atoms. The van der Waals surface area contributed by atoms with Crippen molar-refractivity contribution in [3.63, 3.8) is 0 Å². The van der Waals surface area contributed by atoms with Crippen LogP contribution in [0.25, 0.3) is 0 Å². The molecule has 0 aliphatic carbocycles. The van der Waals surface area contributed by atoms with E-state index in [2.05, 4.69) is 17.6 Å². The summed E-state index contributed by atoms with van der Waals surface area (Å²) in [5, 5.41) is 52.4. The van der Waals surface area contributed by atoms with Crippen LogP contribution in [0.15, 0.2) is 0 Å². The molecule has 0 aromatic heterocycles. The number of aliphatic hydroxyl groups excluding tert-OH is 5. The maximum atomic E-state index is 11.7. The van der Waals surface area contributed by atoms with E-state index in [0.717, 1.165) is 19.5 Å². The quantitative estimate of drug-likeness (QED) is 0.158. The van der Waals surface area contributed by atoms with Crippen LogP contribution in [0.1, 0.15) is 64.7 Å². The topological polar surface area (TPSA) is 142 Å². The molecule has 0 saturated heterocycles. The fourth-order valence-electron chi connectivity index (χ4n) is 2.72. The molecule has 0 radical (unpaired) electrons. The molecule has 0 heterocycles. The summed E-state index contributed by atoms with van der Waals surface area (Å²) in [4.78, 5) is 11.7. The van der Waals surface area contributed by atoms with Crippen LogP contribution in [-0.4, -0.2) is 82.1 Å². The van der Waals surface area contributed by atoms with Crippen molar-refractivity contribution in [3.8, 4) is 0 Å². The first-order valence-electron chi connectivity index (χ1n) is 10.3. The van der Waals surface area contributed by atoms with Gasteiger partial charge in [0.1, 0.15) is 18.3 Å². The van der Waals surface area contributed by atoms with Gasteiger partial charge in [0.2, 0.25) is 0 Å². The van der Waals surface area contributed by atoms with Gasteiger partial charge in [-0.25, -0.2) is 0 Å². The molecule has 0 unspecified atom stereocenters. The summed E-state index contributed by atoms with van der Waals surface area (Å²) in [6.07, 6.45) is 3.74. The Kier molecular flexibility index (Phi) is 16.8. The summed E-state index contributed by atoms with van der Waals surface area (Å²) >= 11 is 0. The SMILES string of the molecule is CCCCCCCCCCNCCCNC(=O)[C@H](O)[C@@H](O)[C@H](O)[C@H](O)CO. The lowest BCUT2D eigenvalue weighted by Crippen LogP contribution is -2.51. The van der Waals surface area contributed by atoms with Crippen molar-refractivity contribution in [1.29, 1.82) is 0 Å². The zero-order valence-corrected chi connectivity index (χ0v) is 16.6. The molecule has 162 valence electrons. The fourth-order valence-corrected chi connectivity index (χ4v) is 2.72. The largest absolute Gasteiger partial charge is 0.394 e. The van der Waals surface area contributed by atoms with Crippen molar-refractivity contribution in [3.05, 3.63) is 0 Å². The maximum Gasteiger partial charge on any atom is 0.251 e. The Labute approximate surface area is 163 Å². The Hall–Kier alpha value is -0.770. The minimum atomic E-state index is -1.87. The lowest BCUT2D eigenvalue weighted by molar-refractivity contribution is -0.148. The molecule has 0 fully saturated rings. The van der Waals surface area contributed by atoms with Gasteiger partial charge in [0, 0.05) is 6.54 Å². The third-order valence-corrected chi connectivity index (χ3v) is 4.56. The Morgan fingerprint density at radius 1 is 0.778 bits per heavy atom. The fraction of sp³-hybridized carbons (Fsp3) is 0.947. The van der Waals surface area contributed by atoms with E-state index in [-0.39, 0.29) is 0 Å². The molecule has 0 aliphatic rings. The molecule has 4 atom stereocenters. The molecule has 0 aliphatic heterocycles. The molecule has 0 spiro atoms. The summed E-state index contributed by atoms with van der Waals surface area (Å²) < 4.78 is 0. The average molecular weight is 393 g/mol. The van der Waals surface area contributed by atoms with E-state index in [1.54, 1.807) is 0 Å². The number of hydrogen-bond acceptors (Lipinski definition) is 7. The molecule has 8 nitrogen and oxygen atoms in total. The van der Waals surface area contributed by atoms with Gasteiger partial charge in [0.25, 0.3) is 5.91 Å². The van der Waals surface area contributed by atoms with Crippen LogP contribution >= 0.6 is 0 Å².